The Morgan fingerprint density at radius 1 is 1.43 bits per heavy atom. The Labute approximate surface area is 130 Å². The highest BCUT2D eigenvalue weighted by atomic mass is 32.2. The molecule has 1 aromatic carbocycles. The number of thioether (sulfide) groups is 1. The Hall–Kier alpha value is -1.04. The second-order valence-electron chi connectivity index (χ2n) is 5.66. The Bertz CT molecular complexity index is 613. The van der Waals surface area contributed by atoms with E-state index >= 15 is 0 Å². The number of hydrogen-bond acceptors (Lipinski definition) is 4. The van der Waals surface area contributed by atoms with Gasteiger partial charge in [-0.1, -0.05) is 12.1 Å². The number of fused-ring (bicyclic) bond motifs is 1. The van der Waals surface area contributed by atoms with Crippen LogP contribution < -0.4 is 0 Å². The summed E-state index contributed by atoms with van der Waals surface area (Å²) in [4.78, 5) is 7.00. The lowest BCUT2D eigenvalue weighted by Gasteiger charge is -2.35. The number of benzene rings is 1. The van der Waals surface area contributed by atoms with E-state index in [2.05, 4.69) is 29.5 Å². The first kappa shape index (κ1) is 14.9. The minimum atomic E-state index is -0.357. The van der Waals surface area contributed by atoms with Crippen molar-refractivity contribution in [2.45, 2.75) is 32.0 Å². The van der Waals surface area contributed by atoms with E-state index in [4.69, 9.17) is 4.98 Å². The second-order valence-corrected chi connectivity index (χ2v) is 6.81. The predicted octanol–water partition coefficient (Wildman–Crippen LogP) is 2.01. The third-order valence-corrected chi connectivity index (χ3v) is 5.38. The smallest absolute Gasteiger partial charge is 0.112 e. The molecule has 1 N–H and O–H groups in total. The summed E-state index contributed by atoms with van der Waals surface area (Å²) in [5.41, 5.74) is 2.18. The van der Waals surface area contributed by atoms with Gasteiger partial charge >= 0.3 is 0 Å². The summed E-state index contributed by atoms with van der Waals surface area (Å²) in [7, 11) is 2.11. The number of imidazole rings is 1. The topological polar surface area (TPSA) is 41.3 Å². The van der Waals surface area contributed by atoms with Gasteiger partial charge < -0.3 is 9.67 Å². The molecule has 1 aliphatic rings. The van der Waals surface area contributed by atoms with E-state index in [0.717, 1.165) is 41.5 Å². The van der Waals surface area contributed by atoms with E-state index in [1.165, 1.54) is 0 Å². The Kier molecular flexibility index (Phi) is 4.52. The lowest BCUT2D eigenvalue weighted by Crippen LogP contribution is -2.48. The van der Waals surface area contributed by atoms with Crippen molar-refractivity contribution in [3.63, 3.8) is 0 Å². The molecule has 3 rings (SSSR count). The van der Waals surface area contributed by atoms with E-state index in [-0.39, 0.29) is 12.1 Å². The highest BCUT2D eigenvalue weighted by molar-refractivity contribution is 7.99. The molecule has 0 amide bonds. The van der Waals surface area contributed by atoms with Crippen LogP contribution in [-0.4, -0.2) is 56.8 Å². The van der Waals surface area contributed by atoms with E-state index in [1.54, 1.807) is 0 Å². The molecule has 2 heterocycles. The molecule has 1 aromatic heterocycles. The van der Waals surface area contributed by atoms with Crippen LogP contribution in [0.3, 0.4) is 0 Å². The second kappa shape index (κ2) is 6.38. The average Bonchev–Trinajstić information content (AvgIpc) is 2.84. The quantitative estimate of drug-likeness (QED) is 0.938. The minimum Gasteiger partial charge on any atom is -0.391 e. The van der Waals surface area contributed by atoms with Gasteiger partial charge in [0.25, 0.3) is 0 Å². The third kappa shape index (κ3) is 2.96. The number of rotatable bonds is 4. The summed E-state index contributed by atoms with van der Waals surface area (Å²) in [6.07, 6.45) is 0.267. The van der Waals surface area contributed by atoms with Gasteiger partial charge in [0.1, 0.15) is 5.82 Å². The zero-order valence-corrected chi connectivity index (χ0v) is 13.5. The zero-order chi connectivity index (χ0) is 14.8. The number of aromatic nitrogens is 2. The van der Waals surface area contributed by atoms with Gasteiger partial charge in [0.2, 0.25) is 0 Å². The van der Waals surface area contributed by atoms with Gasteiger partial charge in [-0.05, 0) is 26.1 Å². The maximum atomic E-state index is 10.6. The summed E-state index contributed by atoms with van der Waals surface area (Å²) in [5, 5.41) is 10.6. The van der Waals surface area contributed by atoms with Crippen molar-refractivity contribution < 1.29 is 5.11 Å². The lowest BCUT2D eigenvalue weighted by molar-refractivity contribution is 0.0743. The van der Waals surface area contributed by atoms with Crippen molar-refractivity contribution in [3.05, 3.63) is 30.1 Å². The van der Waals surface area contributed by atoms with Crippen molar-refractivity contribution in [3.8, 4) is 0 Å². The van der Waals surface area contributed by atoms with Gasteiger partial charge in [0.15, 0.2) is 0 Å². The van der Waals surface area contributed by atoms with Gasteiger partial charge in [-0.3, -0.25) is 4.90 Å². The van der Waals surface area contributed by atoms with Crippen molar-refractivity contribution in [2.24, 2.45) is 0 Å². The van der Waals surface area contributed by atoms with Crippen molar-refractivity contribution >= 4 is 22.8 Å². The molecule has 0 saturated carbocycles. The van der Waals surface area contributed by atoms with Gasteiger partial charge in [0.05, 0.1) is 17.1 Å². The summed E-state index contributed by atoms with van der Waals surface area (Å²) < 4.78 is 2.22. The molecule has 21 heavy (non-hydrogen) atoms. The summed E-state index contributed by atoms with van der Waals surface area (Å²) >= 11 is 1.93. The molecule has 1 saturated heterocycles. The van der Waals surface area contributed by atoms with Gasteiger partial charge in [-0.15, -0.1) is 0 Å². The van der Waals surface area contributed by atoms with E-state index < -0.39 is 0 Å². The normalized spacial score (nSPS) is 21.8. The van der Waals surface area contributed by atoms with E-state index in [1.807, 2.05) is 30.0 Å². The fourth-order valence-corrected chi connectivity index (χ4v) is 4.37. The third-order valence-electron chi connectivity index (χ3n) is 4.33. The summed E-state index contributed by atoms with van der Waals surface area (Å²) in [5.74, 6) is 3.16. The molecule has 1 aliphatic heterocycles. The number of aliphatic hydroxyl groups is 1. The molecule has 2 atom stereocenters. The van der Waals surface area contributed by atoms with Crippen LogP contribution in [0.25, 0.3) is 11.0 Å². The number of aryl methyl sites for hydroxylation is 1. The van der Waals surface area contributed by atoms with Crippen LogP contribution in [0.1, 0.15) is 12.7 Å². The molecule has 4 nitrogen and oxygen atoms in total. The number of hydrogen-bond donors (Lipinski definition) is 1. The fraction of sp³-hybridized carbons (Fsp3) is 0.562. The molecule has 0 spiro atoms. The highest BCUT2D eigenvalue weighted by Crippen LogP contribution is 2.22. The molecule has 1 fully saturated rings. The van der Waals surface area contributed by atoms with Crippen molar-refractivity contribution in [2.75, 3.05) is 25.1 Å². The first-order valence-electron chi connectivity index (χ1n) is 7.61. The summed E-state index contributed by atoms with van der Waals surface area (Å²) in [6.45, 7) is 4.07. The van der Waals surface area contributed by atoms with Crippen LogP contribution >= 0.6 is 11.8 Å². The van der Waals surface area contributed by atoms with Crippen molar-refractivity contribution in [1.82, 2.24) is 14.5 Å². The number of nitrogens with zero attached hydrogens (tertiary/aromatic N) is 3. The monoisotopic (exact) mass is 305 g/mol. The molecular formula is C16H23N3OS. The molecule has 0 bridgehead atoms. The Balaban J connectivity index is 1.83. The maximum absolute atomic E-state index is 10.6. The average molecular weight is 305 g/mol. The van der Waals surface area contributed by atoms with Crippen LogP contribution in [0.5, 0.6) is 0 Å². The number of likely N-dealkylation sites (N-methyl/N-ethyl adjacent to an activating group) is 1. The van der Waals surface area contributed by atoms with Crippen molar-refractivity contribution in [1.29, 1.82) is 0 Å². The molecule has 5 heteroatoms. The van der Waals surface area contributed by atoms with Crippen LogP contribution in [0, 0.1) is 0 Å². The van der Waals surface area contributed by atoms with Crippen LogP contribution in [-0.2, 0) is 13.0 Å². The molecular weight excluding hydrogens is 282 g/mol. The van der Waals surface area contributed by atoms with Crippen LogP contribution in [0.15, 0.2) is 24.3 Å². The first-order valence-corrected chi connectivity index (χ1v) is 8.76. The lowest BCUT2D eigenvalue weighted by atomic mass is 10.1. The Morgan fingerprint density at radius 2 is 2.24 bits per heavy atom. The minimum absolute atomic E-state index is 0.230. The predicted molar refractivity (Wildman–Crippen MR) is 88.9 cm³/mol. The van der Waals surface area contributed by atoms with Gasteiger partial charge in [0, 0.05) is 37.1 Å². The Morgan fingerprint density at radius 3 is 3.00 bits per heavy atom. The summed E-state index contributed by atoms with van der Waals surface area (Å²) in [6, 6.07) is 8.43. The molecule has 114 valence electrons. The van der Waals surface area contributed by atoms with E-state index in [0.29, 0.717) is 6.42 Å². The molecule has 0 aliphatic carbocycles. The van der Waals surface area contributed by atoms with Crippen LogP contribution in [0.4, 0.5) is 0 Å². The largest absolute Gasteiger partial charge is 0.391 e. The fourth-order valence-electron chi connectivity index (χ4n) is 3.07. The van der Waals surface area contributed by atoms with E-state index in [9.17, 15) is 5.11 Å². The number of aliphatic hydroxyl groups excluding tert-OH is 1. The standard InChI is InChI=1S/C16H23N3OS/c1-3-19-13-7-5-4-6-12(13)17-16(19)10-15(20)14-11-21-9-8-18(14)2/h4-7,14-15,20H,3,8-11H2,1-2H3. The first-order chi connectivity index (χ1) is 10.2. The molecule has 2 unspecified atom stereocenters. The number of para-hydroxylation sites is 2. The molecule has 0 radical (unpaired) electrons. The zero-order valence-electron chi connectivity index (χ0n) is 12.7. The van der Waals surface area contributed by atoms with Gasteiger partial charge in [-0.2, -0.15) is 11.8 Å². The van der Waals surface area contributed by atoms with Gasteiger partial charge in [-0.25, -0.2) is 4.98 Å². The molecule has 2 aromatic rings. The van der Waals surface area contributed by atoms with Crippen LogP contribution in [0.2, 0.25) is 0 Å². The SMILES string of the molecule is CCn1c(CC(O)C2CSCCN2C)nc2ccccc21. The maximum Gasteiger partial charge on any atom is 0.112 e. The highest BCUT2D eigenvalue weighted by Gasteiger charge is 2.28.